The number of aryl methyl sites for hydroxylation is 1. The molecule has 6 rings (SSSR count). The minimum Gasteiger partial charge on any atom is -0.507 e. The minimum absolute atomic E-state index is 0.0167. The van der Waals surface area contributed by atoms with Crippen LogP contribution >= 0.6 is 0 Å². The first-order valence-corrected chi connectivity index (χ1v) is 19.3. The fourth-order valence-electron chi connectivity index (χ4n) is 7.38. The van der Waals surface area contributed by atoms with E-state index in [-0.39, 0.29) is 59.1 Å². The van der Waals surface area contributed by atoms with Crippen LogP contribution in [0.5, 0.6) is 17.2 Å². The number of aliphatic hydroxyl groups excluding tert-OH is 1. The lowest BCUT2D eigenvalue weighted by atomic mass is 9.72. The highest BCUT2D eigenvalue weighted by atomic mass is 32.2. The van der Waals surface area contributed by atoms with Crippen molar-refractivity contribution in [2.45, 2.75) is 87.4 Å². The van der Waals surface area contributed by atoms with E-state index in [0.29, 0.717) is 0 Å². The van der Waals surface area contributed by atoms with Crippen molar-refractivity contribution in [3.63, 3.8) is 0 Å². The number of ether oxygens (including phenoxy) is 5. The molecule has 302 valence electrons. The SMILES string of the molecule is COc1cccc2c1C(=O)c1c(O)c3c(c(O)c1C2=O)C[C@@](O)(C(C)=O)C[C@@H]3O[C@H]1CC(NC(COCCOS(=O)(=O)c2ccc(C)cc2)OC)C(O)[C@H](C)O1. The number of phenolic OH excluding ortho intramolecular Hbond substituents is 2. The monoisotopic (exact) mass is 799 g/mol. The van der Waals surface area contributed by atoms with Gasteiger partial charge in [0, 0.05) is 49.1 Å². The number of methoxy groups -OCH3 is 2. The van der Waals surface area contributed by atoms with E-state index in [9.17, 15) is 43.2 Å². The van der Waals surface area contributed by atoms with Crippen LogP contribution in [0.15, 0.2) is 47.4 Å². The summed E-state index contributed by atoms with van der Waals surface area (Å²) in [7, 11) is -1.26. The van der Waals surface area contributed by atoms with Crippen LogP contribution in [0, 0.1) is 6.92 Å². The summed E-state index contributed by atoms with van der Waals surface area (Å²) in [6, 6.07) is 9.85. The molecule has 1 heterocycles. The molecule has 0 aromatic heterocycles. The number of nitrogens with one attached hydrogen (secondary N) is 1. The normalized spacial score (nSPS) is 25.2. The van der Waals surface area contributed by atoms with Gasteiger partial charge in [-0.3, -0.25) is 23.9 Å². The third kappa shape index (κ3) is 7.83. The van der Waals surface area contributed by atoms with Gasteiger partial charge in [-0.15, -0.1) is 0 Å². The van der Waals surface area contributed by atoms with Crippen LogP contribution in [-0.4, -0.2) is 117 Å². The predicted molar refractivity (Wildman–Crippen MR) is 195 cm³/mol. The van der Waals surface area contributed by atoms with Gasteiger partial charge in [-0.1, -0.05) is 29.8 Å². The highest BCUT2D eigenvalue weighted by Gasteiger charge is 2.49. The Morgan fingerprint density at radius 1 is 1.02 bits per heavy atom. The third-order valence-electron chi connectivity index (χ3n) is 10.5. The Kier molecular flexibility index (Phi) is 12.0. The second kappa shape index (κ2) is 16.3. The highest BCUT2D eigenvalue weighted by molar-refractivity contribution is 7.86. The predicted octanol–water partition coefficient (Wildman–Crippen LogP) is 2.36. The molecule has 3 aromatic rings. The number of hydrogen-bond donors (Lipinski definition) is 5. The Hall–Kier alpha value is -4.30. The van der Waals surface area contributed by atoms with Gasteiger partial charge in [-0.25, -0.2) is 0 Å². The van der Waals surface area contributed by atoms with E-state index in [2.05, 4.69) is 5.32 Å². The molecule has 3 unspecified atom stereocenters. The van der Waals surface area contributed by atoms with E-state index < -0.39 is 105 Å². The maximum Gasteiger partial charge on any atom is 0.297 e. The van der Waals surface area contributed by atoms with Crippen LogP contribution < -0.4 is 10.1 Å². The Balaban J connectivity index is 1.20. The molecule has 5 N–H and O–H groups in total. The van der Waals surface area contributed by atoms with Crippen molar-refractivity contribution in [3.05, 3.63) is 81.4 Å². The molecule has 0 bridgehead atoms. The summed E-state index contributed by atoms with van der Waals surface area (Å²) < 4.78 is 58.8. The average molecular weight is 800 g/mol. The molecular formula is C39H45NO15S. The van der Waals surface area contributed by atoms with Crippen molar-refractivity contribution in [3.8, 4) is 17.2 Å². The Morgan fingerprint density at radius 2 is 1.71 bits per heavy atom. The van der Waals surface area contributed by atoms with Gasteiger partial charge in [-0.05, 0) is 39.0 Å². The summed E-state index contributed by atoms with van der Waals surface area (Å²) in [5, 5.41) is 49.1. The van der Waals surface area contributed by atoms with Crippen molar-refractivity contribution in [2.75, 3.05) is 34.0 Å². The van der Waals surface area contributed by atoms with Crippen LogP contribution in [0.2, 0.25) is 0 Å². The zero-order valence-corrected chi connectivity index (χ0v) is 32.3. The van der Waals surface area contributed by atoms with Crippen LogP contribution in [0.4, 0.5) is 0 Å². The first-order valence-electron chi connectivity index (χ1n) is 17.9. The largest absolute Gasteiger partial charge is 0.507 e. The molecule has 16 nitrogen and oxygen atoms in total. The second-order valence-corrected chi connectivity index (χ2v) is 15.7. The molecule has 0 amide bonds. The molecule has 0 saturated carbocycles. The number of ketones is 3. The lowest BCUT2D eigenvalue weighted by molar-refractivity contribution is -0.252. The summed E-state index contributed by atoms with van der Waals surface area (Å²) in [6.07, 6.45) is -6.16. The molecule has 0 spiro atoms. The van der Waals surface area contributed by atoms with Gasteiger partial charge in [0.15, 0.2) is 17.9 Å². The summed E-state index contributed by atoms with van der Waals surface area (Å²) in [6.45, 7) is 4.15. The molecule has 1 fully saturated rings. The maximum atomic E-state index is 13.9. The second-order valence-electron chi connectivity index (χ2n) is 14.1. The molecule has 1 saturated heterocycles. The topological polar surface area (TPSA) is 234 Å². The maximum absolute atomic E-state index is 13.9. The van der Waals surface area contributed by atoms with E-state index in [1.165, 1.54) is 44.6 Å². The van der Waals surface area contributed by atoms with E-state index in [4.69, 9.17) is 27.9 Å². The number of hydrogen-bond acceptors (Lipinski definition) is 16. The van der Waals surface area contributed by atoms with Gasteiger partial charge < -0.3 is 44.1 Å². The first-order chi connectivity index (χ1) is 26.5. The fourth-order valence-corrected chi connectivity index (χ4v) is 8.27. The van der Waals surface area contributed by atoms with Gasteiger partial charge in [-0.2, -0.15) is 8.42 Å². The number of carbonyl (C=O) groups excluding carboxylic acids is 3. The molecular weight excluding hydrogens is 754 g/mol. The number of fused-ring (bicyclic) bond motifs is 3. The summed E-state index contributed by atoms with van der Waals surface area (Å²) in [5.41, 5.74) is -2.55. The summed E-state index contributed by atoms with van der Waals surface area (Å²) in [4.78, 5) is 40.5. The van der Waals surface area contributed by atoms with Crippen molar-refractivity contribution in [1.82, 2.24) is 5.32 Å². The van der Waals surface area contributed by atoms with E-state index >= 15 is 0 Å². The number of phenols is 2. The molecule has 0 radical (unpaired) electrons. The van der Waals surface area contributed by atoms with Crippen molar-refractivity contribution < 1.29 is 71.1 Å². The zero-order chi connectivity index (χ0) is 40.7. The van der Waals surface area contributed by atoms with E-state index in [1.807, 2.05) is 6.92 Å². The van der Waals surface area contributed by atoms with Gasteiger partial charge in [0.25, 0.3) is 10.1 Å². The van der Waals surface area contributed by atoms with Crippen molar-refractivity contribution >= 4 is 27.5 Å². The number of rotatable bonds is 14. The number of aromatic hydroxyl groups is 2. The Bertz CT molecular complexity index is 2120. The standard InChI is InChI=1S/C39H45NO15S/c1-19-9-11-22(12-10-19)56(48,49)53-14-13-52-18-28(51-5)40-25-15-29(54-20(2)34(25)42)55-27-17-39(47,21(3)41)16-24-31(27)38(46)33-32(36(24)44)35(43)23-7-6-8-26(50-4)30(23)37(33)45/h6-12,20,25,27-29,34,40,42,44,46-47H,13-18H2,1-5H3/t20-,25?,27-,28?,29-,34?,39-/m0/s1. The zero-order valence-electron chi connectivity index (χ0n) is 31.4. The summed E-state index contributed by atoms with van der Waals surface area (Å²) in [5.74, 6) is -3.47. The molecule has 7 atom stereocenters. The Labute approximate surface area is 323 Å². The third-order valence-corrected chi connectivity index (χ3v) is 11.8. The van der Waals surface area contributed by atoms with Crippen LogP contribution in [0.3, 0.4) is 0 Å². The summed E-state index contributed by atoms with van der Waals surface area (Å²) >= 11 is 0. The number of Topliss-reactive ketones (excluding diaryl/α,β-unsaturated/α-hetero) is 1. The average Bonchev–Trinajstić information content (AvgIpc) is 3.16. The molecule has 17 heteroatoms. The lowest BCUT2D eigenvalue weighted by Gasteiger charge is -2.43. The quantitative estimate of drug-likeness (QED) is 0.0533. The number of benzene rings is 3. The van der Waals surface area contributed by atoms with Crippen molar-refractivity contribution in [1.29, 1.82) is 0 Å². The minimum atomic E-state index is -3.99. The lowest BCUT2D eigenvalue weighted by Crippen LogP contribution is -2.57. The molecule has 3 aromatic carbocycles. The van der Waals surface area contributed by atoms with Gasteiger partial charge in [0.2, 0.25) is 5.78 Å². The molecule has 2 aliphatic carbocycles. The van der Waals surface area contributed by atoms with Crippen LogP contribution in [0.25, 0.3) is 0 Å². The van der Waals surface area contributed by atoms with E-state index in [0.717, 1.165) is 12.5 Å². The van der Waals surface area contributed by atoms with Gasteiger partial charge >= 0.3 is 0 Å². The highest BCUT2D eigenvalue weighted by Crippen LogP contribution is 2.52. The number of aliphatic hydroxyl groups is 2. The smallest absolute Gasteiger partial charge is 0.297 e. The molecule has 1 aliphatic heterocycles. The number of carbonyl (C=O) groups is 3. The molecule has 3 aliphatic rings. The first kappa shape index (κ1) is 41.3. The Morgan fingerprint density at radius 3 is 2.38 bits per heavy atom. The van der Waals surface area contributed by atoms with Gasteiger partial charge in [0.05, 0.1) is 66.8 Å². The van der Waals surface area contributed by atoms with E-state index in [1.54, 1.807) is 19.1 Å². The van der Waals surface area contributed by atoms with Crippen LogP contribution in [0.1, 0.15) is 81.3 Å². The van der Waals surface area contributed by atoms with Crippen LogP contribution in [-0.2, 0) is 44.5 Å². The fraction of sp³-hybridized carbons (Fsp3) is 0.462. The molecule has 56 heavy (non-hydrogen) atoms. The van der Waals surface area contributed by atoms with Gasteiger partial charge in [0.1, 0.15) is 29.1 Å². The van der Waals surface area contributed by atoms with Crippen molar-refractivity contribution in [2.24, 2.45) is 0 Å².